The Kier molecular flexibility index (Phi) is 5.78. The van der Waals surface area contributed by atoms with Crippen molar-refractivity contribution in [2.24, 2.45) is 4.99 Å². The van der Waals surface area contributed by atoms with Gasteiger partial charge in [0.1, 0.15) is 0 Å². The van der Waals surface area contributed by atoms with Gasteiger partial charge in [0, 0.05) is 18.3 Å². The molecule has 0 spiro atoms. The SMILES string of the molecule is C[C@@H]1CS/C(=N\c2ccc(CCNc3nc4cc(Cl)c(Cl)cc4s3)cc2)N1. The molecule has 2 N–H and O–H groups in total. The van der Waals surface area contributed by atoms with Crippen molar-refractivity contribution in [1.29, 1.82) is 0 Å². The lowest BCUT2D eigenvalue weighted by Crippen LogP contribution is -2.22. The molecular weight excluding hydrogens is 419 g/mol. The lowest BCUT2D eigenvalue weighted by atomic mass is 10.1. The number of anilines is 1. The van der Waals surface area contributed by atoms with Crippen LogP contribution in [0.15, 0.2) is 41.4 Å². The van der Waals surface area contributed by atoms with Gasteiger partial charge in [0.05, 0.1) is 25.9 Å². The summed E-state index contributed by atoms with van der Waals surface area (Å²) in [5.41, 5.74) is 3.11. The van der Waals surface area contributed by atoms with Crippen molar-refractivity contribution < 1.29 is 0 Å². The first-order valence-corrected chi connectivity index (χ1v) is 11.2. The third-order valence-electron chi connectivity index (χ3n) is 4.13. The number of hydrogen-bond acceptors (Lipinski definition) is 5. The monoisotopic (exact) mass is 436 g/mol. The van der Waals surface area contributed by atoms with Crippen LogP contribution < -0.4 is 10.6 Å². The summed E-state index contributed by atoms with van der Waals surface area (Å²) in [6.45, 7) is 2.98. The van der Waals surface area contributed by atoms with E-state index >= 15 is 0 Å². The molecule has 4 nitrogen and oxygen atoms in total. The van der Waals surface area contributed by atoms with Crippen LogP contribution >= 0.6 is 46.3 Å². The zero-order valence-electron chi connectivity index (χ0n) is 14.6. The van der Waals surface area contributed by atoms with E-state index in [0.29, 0.717) is 16.1 Å². The molecule has 8 heteroatoms. The molecule has 0 unspecified atom stereocenters. The van der Waals surface area contributed by atoms with Gasteiger partial charge in [-0.1, -0.05) is 58.4 Å². The van der Waals surface area contributed by atoms with E-state index in [1.165, 1.54) is 5.56 Å². The van der Waals surface area contributed by atoms with Crippen molar-refractivity contribution >= 4 is 72.5 Å². The summed E-state index contributed by atoms with van der Waals surface area (Å²) in [7, 11) is 0. The molecule has 0 aliphatic carbocycles. The van der Waals surface area contributed by atoms with E-state index in [1.807, 2.05) is 6.07 Å². The number of benzene rings is 2. The number of nitrogens with zero attached hydrogens (tertiary/aromatic N) is 2. The van der Waals surface area contributed by atoms with Crippen LogP contribution in [0.1, 0.15) is 12.5 Å². The zero-order valence-corrected chi connectivity index (χ0v) is 17.8. The van der Waals surface area contributed by atoms with Gasteiger partial charge in [-0.2, -0.15) is 0 Å². The topological polar surface area (TPSA) is 49.3 Å². The number of rotatable bonds is 5. The van der Waals surface area contributed by atoms with Crippen molar-refractivity contribution in [3.05, 3.63) is 52.0 Å². The van der Waals surface area contributed by atoms with Crippen LogP contribution in [0.2, 0.25) is 10.0 Å². The molecule has 1 fully saturated rings. The van der Waals surface area contributed by atoms with E-state index < -0.39 is 0 Å². The third-order valence-corrected chi connectivity index (χ3v) is 6.97. The molecular formula is C19H18Cl2N4S2. The Morgan fingerprint density at radius 3 is 2.74 bits per heavy atom. The normalized spacial score (nSPS) is 18.2. The molecule has 1 atom stereocenters. The molecule has 1 aliphatic rings. The number of thiazole rings is 1. The number of amidine groups is 1. The van der Waals surface area contributed by atoms with E-state index in [-0.39, 0.29) is 0 Å². The lowest BCUT2D eigenvalue weighted by molar-refractivity contribution is 0.768. The van der Waals surface area contributed by atoms with Crippen LogP contribution in [0.4, 0.5) is 10.8 Å². The number of aromatic nitrogens is 1. The van der Waals surface area contributed by atoms with E-state index in [1.54, 1.807) is 29.2 Å². The molecule has 140 valence electrons. The molecule has 0 amide bonds. The van der Waals surface area contributed by atoms with Crippen LogP contribution in [0.25, 0.3) is 10.2 Å². The van der Waals surface area contributed by atoms with E-state index in [2.05, 4.69) is 51.8 Å². The van der Waals surface area contributed by atoms with Gasteiger partial charge in [-0.15, -0.1) is 0 Å². The largest absolute Gasteiger partial charge is 0.361 e. The zero-order chi connectivity index (χ0) is 18.8. The number of nitrogens with one attached hydrogen (secondary N) is 2. The standard InChI is InChI=1S/C19H18Cl2N4S2/c1-11-10-26-19(23-11)24-13-4-2-12(3-5-13)6-7-22-18-25-16-8-14(20)15(21)9-17(16)27-18/h2-5,8-9,11H,6-7,10H2,1H3,(H,22,25)(H,23,24)/t11-/m1/s1. The maximum Gasteiger partial charge on any atom is 0.183 e. The average Bonchev–Trinajstić information content (AvgIpc) is 3.22. The second-order valence-corrected chi connectivity index (χ2v) is 9.22. The first-order chi connectivity index (χ1) is 13.1. The average molecular weight is 437 g/mol. The maximum atomic E-state index is 6.07. The molecule has 2 heterocycles. The number of fused-ring (bicyclic) bond motifs is 1. The molecule has 2 aromatic carbocycles. The van der Waals surface area contributed by atoms with Crippen LogP contribution in [0, 0.1) is 0 Å². The van der Waals surface area contributed by atoms with Crippen molar-refractivity contribution in [1.82, 2.24) is 10.3 Å². The molecule has 0 bridgehead atoms. The van der Waals surface area contributed by atoms with Crippen LogP contribution in [0.3, 0.4) is 0 Å². The fourth-order valence-electron chi connectivity index (χ4n) is 2.73. The highest BCUT2D eigenvalue weighted by Gasteiger charge is 2.15. The smallest absolute Gasteiger partial charge is 0.183 e. The van der Waals surface area contributed by atoms with Crippen molar-refractivity contribution in [3.63, 3.8) is 0 Å². The molecule has 3 aromatic rings. The first-order valence-electron chi connectivity index (χ1n) is 8.63. The van der Waals surface area contributed by atoms with Gasteiger partial charge in [-0.3, -0.25) is 0 Å². The highest BCUT2D eigenvalue weighted by Crippen LogP contribution is 2.33. The van der Waals surface area contributed by atoms with Crippen LogP contribution in [-0.2, 0) is 6.42 Å². The fourth-order valence-corrected chi connectivity index (χ4v) is 4.97. The van der Waals surface area contributed by atoms with E-state index in [9.17, 15) is 0 Å². The van der Waals surface area contributed by atoms with Gasteiger partial charge in [0.2, 0.25) is 0 Å². The molecule has 0 saturated carbocycles. The predicted octanol–water partition coefficient (Wildman–Crippen LogP) is 5.97. The second kappa shape index (κ2) is 8.27. The highest BCUT2D eigenvalue weighted by molar-refractivity contribution is 8.14. The van der Waals surface area contributed by atoms with Gasteiger partial charge in [-0.05, 0) is 43.2 Å². The lowest BCUT2D eigenvalue weighted by Gasteiger charge is -2.04. The summed E-state index contributed by atoms with van der Waals surface area (Å²) in [6.07, 6.45) is 0.915. The van der Waals surface area contributed by atoms with Crippen LogP contribution in [-0.4, -0.2) is 28.5 Å². The number of hydrogen-bond donors (Lipinski definition) is 2. The van der Waals surface area contributed by atoms with E-state index in [0.717, 1.165) is 44.9 Å². The molecule has 4 rings (SSSR count). The Hall–Kier alpha value is -1.47. The highest BCUT2D eigenvalue weighted by atomic mass is 35.5. The first kappa shape index (κ1) is 18.9. The number of aliphatic imine (C=N–C) groups is 1. The molecule has 1 aliphatic heterocycles. The fraction of sp³-hybridized carbons (Fsp3) is 0.263. The van der Waals surface area contributed by atoms with E-state index in [4.69, 9.17) is 23.2 Å². The summed E-state index contributed by atoms with van der Waals surface area (Å²) in [5.74, 6) is 1.08. The van der Waals surface area contributed by atoms with Crippen LogP contribution in [0.5, 0.6) is 0 Å². The predicted molar refractivity (Wildman–Crippen MR) is 120 cm³/mol. The Bertz CT molecular complexity index is 946. The van der Waals surface area contributed by atoms with Crippen molar-refractivity contribution in [2.75, 3.05) is 17.6 Å². The Morgan fingerprint density at radius 1 is 1.22 bits per heavy atom. The third kappa shape index (κ3) is 4.69. The Morgan fingerprint density at radius 2 is 2.00 bits per heavy atom. The summed E-state index contributed by atoms with van der Waals surface area (Å²) in [6, 6.07) is 12.5. The minimum atomic E-state index is 0.494. The quantitative estimate of drug-likeness (QED) is 0.516. The Balaban J connectivity index is 1.34. The molecule has 27 heavy (non-hydrogen) atoms. The van der Waals surface area contributed by atoms with Crippen molar-refractivity contribution in [2.45, 2.75) is 19.4 Å². The minimum Gasteiger partial charge on any atom is -0.361 e. The van der Waals surface area contributed by atoms with Crippen molar-refractivity contribution in [3.8, 4) is 0 Å². The summed E-state index contributed by atoms with van der Waals surface area (Å²) in [4.78, 5) is 9.20. The number of halogens is 2. The number of thioether (sulfide) groups is 1. The molecule has 1 aromatic heterocycles. The molecule has 0 radical (unpaired) electrons. The Labute approximate surface area is 176 Å². The second-order valence-electron chi connectivity index (χ2n) is 6.37. The van der Waals surface area contributed by atoms with Gasteiger partial charge < -0.3 is 10.6 Å². The van der Waals surface area contributed by atoms with Gasteiger partial charge in [0.25, 0.3) is 0 Å². The van der Waals surface area contributed by atoms with Gasteiger partial charge >= 0.3 is 0 Å². The van der Waals surface area contributed by atoms with Gasteiger partial charge in [0.15, 0.2) is 10.3 Å². The summed E-state index contributed by atoms with van der Waals surface area (Å²) >= 11 is 15.5. The maximum absolute atomic E-state index is 6.07. The van der Waals surface area contributed by atoms with Gasteiger partial charge in [-0.25, -0.2) is 9.98 Å². The summed E-state index contributed by atoms with van der Waals surface area (Å²) in [5, 5.41) is 9.73. The summed E-state index contributed by atoms with van der Waals surface area (Å²) < 4.78 is 1.03. The minimum absolute atomic E-state index is 0.494. The molecule has 1 saturated heterocycles.